The molecule has 0 N–H and O–H groups in total. The third kappa shape index (κ3) is 1.17. The van der Waals surface area contributed by atoms with Crippen molar-refractivity contribution in [2.45, 2.75) is 0 Å². The van der Waals surface area contributed by atoms with Gasteiger partial charge in [0.25, 0.3) is 0 Å². The standard InChI is InChI=1S/C7H3BrClNS/c8-7-6(9)4-1-2-11-5(4)3-10-7/h1-3H. The van der Waals surface area contributed by atoms with E-state index < -0.39 is 0 Å². The van der Waals surface area contributed by atoms with Gasteiger partial charge >= 0.3 is 0 Å². The molecule has 2 heterocycles. The Labute approximate surface area is 81.1 Å². The molecule has 0 amide bonds. The van der Waals surface area contributed by atoms with Crippen molar-refractivity contribution in [3.8, 4) is 0 Å². The average molecular weight is 249 g/mol. The third-order valence-electron chi connectivity index (χ3n) is 1.41. The van der Waals surface area contributed by atoms with Crippen LogP contribution in [0.5, 0.6) is 0 Å². The summed E-state index contributed by atoms with van der Waals surface area (Å²) in [4.78, 5) is 4.07. The number of pyridine rings is 1. The van der Waals surface area contributed by atoms with Crippen LogP contribution in [-0.4, -0.2) is 4.98 Å². The van der Waals surface area contributed by atoms with Gasteiger partial charge in [0.1, 0.15) is 4.60 Å². The van der Waals surface area contributed by atoms with Crippen molar-refractivity contribution in [3.05, 3.63) is 27.3 Å². The van der Waals surface area contributed by atoms with Crippen LogP contribution >= 0.6 is 38.9 Å². The summed E-state index contributed by atoms with van der Waals surface area (Å²) >= 11 is 10.9. The van der Waals surface area contributed by atoms with E-state index in [0.29, 0.717) is 9.63 Å². The number of halogens is 2. The Kier molecular flexibility index (Phi) is 1.87. The lowest BCUT2D eigenvalue weighted by Gasteiger charge is -1.94. The Morgan fingerprint density at radius 2 is 2.36 bits per heavy atom. The Hall–Kier alpha value is -0.120. The summed E-state index contributed by atoms with van der Waals surface area (Å²) in [6.45, 7) is 0. The van der Waals surface area contributed by atoms with Gasteiger partial charge in [-0.25, -0.2) is 4.98 Å². The minimum atomic E-state index is 0.698. The summed E-state index contributed by atoms with van der Waals surface area (Å²) in [5.41, 5.74) is 0. The van der Waals surface area contributed by atoms with Crippen molar-refractivity contribution >= 4 is 49.0 Å². The number of thiophene rings is 1. The highest BCUT2D eigenvalue weighted by Crippen LogP contribution is 2.31. The van der Waals surface area contributed by atoms with Gasteiger partial charge in [-0.3, -0.25) is 0 Å². The lowest BCUT2D eigenvalue weighted by molar-refractivity contribution is 1.32. The zero-order valence-corrected chi connectivity index (χ0v) is 8.50. The van der Waals surface area contributed by atoms with Gasteiger partial charge in [-0.15, -0.1) is 11.3 Å². The fourth-order valence-electron chi connectivity index (χ4n) is 0.885. The molecule has 2 aromatic heterocycles. The number of aromatic nitrogens is 1. The van der Waals surface area contributed by atoms with Crippen LogP contribution in [0.25, 0.3) is 10.1 Å². The maximum Gasteiger partial charge on any atom is 0.125 e. The summed E-state index contributed by atoms with van der Waals surface area (Å²) in [5.74, 6) is 0. The zero-order valence-electron chi connectivity index (χ0n) is 5.34. The van der Waals surface area contributed by atoms with Crippen molar-refractivity contribution in [2.24, 2.45) is 0 Å². The maximum atomic E-state index is 5.96. The molecular weight excluding hydrogens is 246 g/mol. The van der Waals surface area contributed by atoms with Gasteiger partial charge in [0.2, 0.25) is 0 Å². The van der Waals surface area contributed by atoms with Gasteiger partial charge < -0.3 is 0 Å². The van der Waals surface area contributed by atoms with E-state index in [1.165, 1.54) is 0 Å². The molecule has 0 aromatic carbocycles. The summed E-state index contributed by atoms with van der Waals surface area (Å²) in [5, 5.41) is 3.77. The summed E-state index contributed by atoms with van der Waals surface area (Å²) in [6, 6.07) is 1.99. The molecule has 4 heteroatoms. The lowest BCUT2D eigenvalue weighted by atomic mass is 10.3. The molecule has 11 heavy (non-hydrogen) atoms. The largest absolute Gasteiger partial charge is 0.246 e. The van der Waals surface area contributed by atoms with Gasteiger partial charge in [-0.1, -0.05) is 11.6 Å². The molecule has 0 saturated heterocycles. The van der Waals surface area contributed by atoms with Crippen molar-refractivity contribution in [1.82, 2.24) is 4.98 Å². The zero-order chi connectivity index (χ0) is 7.84. The molecule has 0 spiro atoms. The monoisotopic (exact) mass is 247 g/mol. The van der Waals surface area contributed by atoms with Crippen LogP contribution in [0.15, 0.2) is 22.2 Å². The molecule has 0 aliphatic rings. The van der Waals surface area contributed by atoms with Crippen molar-refractivity contribution in [2.75, 3.05) is 0 Å². The number of nitrogens with zero attached hydrogens (tertiary/aromatic N) is 1. The molecule has 0 unspecified atom stereocenters. The predicted octanol–water partition coefficient (Wildman–Crippen LogP) is 3.71. The van der Waals surface area contributed by atoms with E-state index in [-0.39, 0.29) is 0 Å². The predicted molar refractivity (Wildman–Crippen MR) is 52.3 cm³/mol. The van der Waals surface area contributed by atoms with Gasteiger partial charge in [0.05, 0.1) is 9.72 Å². The second-order valence-corrected chi connectivity index (χ2v) is 4.14. The molecule has 0 aliphatic heterocycles. The SMILES string of the molecule is Clc1c(Br)ncc2sccc12. The fourth-order valence-corrected chi connectivity index (χ4v) is 2.23. The summed E-state index contributed by atoms with van der Waals surface area (Å²) in [6.07, 6.45) is 1.82. The molecule has 1 nitrogen and oxygen atoms in total. The second-order valence-electron chi connectivity index (χ2n) is 2.06. The van der Waals surface area contributed by atoms with E-state index in [0.717, 1.165) is 10.1 Å². The van der Waals surface area contributed by atoms with Crippen molar-refractivity contribution in [1.29, 1.82) is 0 Å². The van der Waals surface area contributed by atoms with Crippen molar-refractivity contribution in [3.63, 3.8) is 0 Å². The number of hydrogen-bond donors (Lipinski definition) is 0. The highest BCUT2D eigenvalue weighted by molar-refractivity contribution is 9.10. The number of fused-ring (bicyclic) bond motifs is 1. The molecule has 0 atom stereocenters. The number of rotatable bonds is 0. The first-order chi connectivity index (χ1) is 5.29. The summed E-state index contributed by atoms with van der Waals surface area (Å²) in [7, 11) is 0. The van der Waals surface area contributed by atoms with E-state index >= 15 is 0 Å². The number of hydrogen-bond acceptors (Lipinski definition) is 2. The van der Waals surface area contributed by atoms with Crippen LogP contribution < -0.4 is 0 Å². The van der Waals surface area contributed by atoms with Crippen LogP contribution in [0.2, 0.25) is 5.02 Å². The third-order valence-corrected chi connectivity index (χ3v) is 3.47. The summed E-state index contributed by atoms with van der Waals surface area (Å²) < 4.78 is 1.84. The molecule has 56 valence electrons. The average Bonchev–Trinajstić information content (AvgIpc) is 2.45. The molecule has 0 radical (unpaired) electrons. The van der Waals surface area contributed by atoms with Crippen LogP contribution in [0.1, 0.15) is 0 Å². The first kappa shape index (κ1) is 7.53. The molecule has 2 aromatic rings. The molecule has 0 aliphatic carbocycles. The van der Waals surface area contributed by atoms with Gasteiger partial charge in [0.15, 0.2) is 0 Å². The molecule has 0 saturated carbocycles. The minimum absolute atomic E-state index is 0.698. The normalized spacial score (nSPS) is 10.7. The highest BCUT2D eigenvalue weighted by Gasteiger charge is 2.04. The molecule has 0 bridgehead atoms. The van der Waals surface area contributed by atoms with E-state index in [1.54, 1.807) is 11.3 Å². The Morgan fingerprint density at radius 3 is 3.18 bits per heavy atom. The van der Waals surface area contributed by atoms with Crippen LogP contribution in [0.3, 0.4) is 0 Å². The van der Waals surface area contributed by atoms with E-state index in [1.807, 2.05) is 17.6 Å². The lowest BCUT2D eigenvalue weighted by Crippen LogP contribution is -1.75. The van der Waals surface area contributed by atoms with E-state index in [2.05, 4.69) is 20.9 Å². The second kappa shape index (κ2) is 2.73. The quantitative estimate of drug-likeness (QED) is 0.648. The Balaban J connectivity index is 2.93. The first-order valence-electron chi connectivity index (χ1n) is 2.96. The topological polar surface area (TPSA) is 12.9 Å². The van der Waals surface area contributed by atoms with Gasteiger partial charge in [-0.2, -0.15) is 0 Å². The van der Waals surface area contributed by atoms with Crippen molar-refractivity contribution < 1.29 is 0 Å². The highest BCUT2D eigenvalue weighted by atomic mass is 79.9. The molecule has 0 fully saturated rings. The molecule has 2 rings (SSSR count). The van der Waals surface area contributed by atoms with Crippen LogP contribution in [0, 0.1) is 0 Å². The Bertz CT molecular complexity index is 398. The van der Waals surface area contributed by atoms with Gasteiger partial charge in [-0.05, 0) is 27.4 Å². The fraction of sp³-hybridized carbons (Fsp3) is 0. The van der Waals surface area contributed by atoms with Crippen LogP contribution in [-0.2, 0) is 0 Å². The van der Waals surface area contributed by atoms with Crippen LogP contribution in [0.4, 0.5) is 0 Å². The maximum absolute atomic E-state index is 5.96. The Morgan fingerprint density at radius 1 is 1.55 bits per heavy atom. The smallest absolute Gasteiger partial charge is 0.125 e. The molecular formula is C7H3BrClNS. The minimum Gasteiger partial charge on any atom is -0.246 e. The van der Waals surface area contributed by atoms with Gasteiger partial charge in [0, 0.05) is 11.6 Å². The van der Waals surface area contributed by atoms with E-state index in [9.17, 15) is 0 Å². The van der Waals surface area contributed by atoms with E-state index in [4.69, 9.17) is 11.6 Å². The first-order valence-corrected chi connectivity index (χ1v) is 5.01.